The van der Waals surface area contributed by atoms with Crippen LogP contribution in [0.2, 0.25) is 0 Å². The SMILES string of the molecule is O=C(NCCc1c[nH]c2ccccc12)C(=O)Nc1cc(C(F)(F)F)cc(C(F)(F)F)c1. The summed E-state index contributed by atoms with van der Waals surface area (Å²) in [6, 6.07) is 7.97. The van der Waals surface area contributed by atoms with Crippen molar-refractivity contribution in [1.29, 1.82) is 0 Å². The quantitative estimate of drug-likeness (QED) is 0.410. The van der Waals surface area contributed by atoms with Gasteiger partial charge in [-0.1, -0.05) is 18.2 Å². The molecule has 0 unspecified atom stereocenters. The Morgan fingerprint density at radius 3 is 2.10 bits per heavy atom. The van der Waals surface area contributed by atoms with Crippen molar-refractivity contribution < 1.29 is 35.9 Å². The van der Waals surface area contributed by atoms with E-state index in [-0.39, 0.29) is 12.6 Å². The first-order chi connectivity index (χ1) is 14.4. The number of fused-ring (bicyclic) bond motifs is 1. The number of H-pyrrole nitrogens is 1. The Morgan fingerprint density at radius 2 is 1.48 bits per heavy atom. The summed E-state index contributed by atoms with van der Waals surface area (Å²) >= 11 is 0. The lowest BCUT2D eigenvalue weighted by Crippen LogP contribution is -2.36. The van der Waals surface area contributed by atoms with Crippen molar-refractivity contribution in [2.24, 2.45) is 0 Å². The topological polar surface area (TPSA) is 74.0 Å². The lowest BCUT2D eigenvalue weighted by Gasteiger charge is -2.14. The normalized spacial score (nSPS) is 12.1. The van der Waals surface area contributed by atoms with Gasteiger partial charge in [0.05, 0.1) is 11.1 Å². The third-order valence-corrected chi connectivity index (χ3v) is 4.41. The zero-order chi connectivity index (χ0) is 22.8. The van der Waals surface area contributed by atoms with Crippen LogP contribution in [0.15, 0.2) is 48.7 Å². The summed E-state index contributed by atoms with van der Waals surface area (Å²) in [5.74, 6) is -2.57. The molecule has 0 saturated carbocycles. The van der Waals surface area contributed by atoms with Crippen molar-refractivity contribution in [2.45, 2.75) is 18.8 Å². The first kappa shape index (κ1) is 22.2. The number of anilines is 1. The van der Waals surface area contributed by atoms with Crippen LogP contribution in [0.3, 0.4) is 0 Å². The van der Waals surface area contributed by atoms with E-state index in [0.717, 1.165) is 16.5 Å². The van der Waals surface area contributed by atoms with Crippen LogP contribution in [0.5, 0.6) is 0 Å². The van der Waals surface area contributed by atoms with Crippen molar-refractivity contribution in [2.75, 3.05) is 11.9 Å². The first-order valence-electron chi connectivity index (χ1n) is 8.89. The van der Waals surface area contributed by atoms with Gasteiger partial charge in [0.15, 0.2) is 0 Å². The lowest BCUT2D eigenvalue weighted by atomic mass is 10.1. The zero-order valence-corrected chi connectivity index (χ0v) is 15.6. The molecule has 0 fully saturated rings. The number of aromatic nitrogens is 1. The molecule has 3 aromatic rings. The number of para-hydroxylation sites is 1. The van der Waals surface area contributed by atoms with E-state index in [2.05, 4.69) is 10.3 Å². The Hall–Kier alpha value is -3.50. The van der Waals surface area contributed by atoms with Crippen molar-refractivity contribution >= 4 is 28.4 Å². The van der Waals surface area contributed by atoms with E-state index in [1.165, 1.54) is 0 Å². The van der Waals surface area contributed by atoms with E-state index in [0.29, 0.717) is 18.6 Å². The number of alkyl halides is 6. The number of hydrogen-bond donors (Lipinski definition) is 3. The average molecular weight is 443 g/mol. The van der Waals surface area contributed by atoms with Crippen molar-refractivity contribution in [3.63, 3.8) is 0 Å². The Balaban J connectivity index is 1.65. The molecule has 0 aliphatic heterocycles. The fourth-order valence-corrected chi connectivity index (χ4v) is 2.94. The van der Waals surface area contributed by atoms with Gasteiger partial charge in [-0.3, -0.25) is 9.59 Å². The number of halogens is 6. The molecule has 0 radical (unpaired) electrons. The third-order valence-electron chi connectivity index (χ3n) is 4.41. The Bertz CT molecular complexity index is 1090. The molecule has 2 aromatic carbocycles. The molecule has 2 amide bonds. The summed E-state index contributed by atoms with van der Waals surface area (Å²) < 4.78 is 77.3. The Labute approximate surface area is 171 Å². The number of rotatable bonds is 4. The maximum Gasteiger partial charge on any atom is 0.416 e. The molecule has 3 rings (SSSR count). The summed E-state index contributed by atoms with van der Waals surface area (Å²) in [6.45, 7) is 0.0322. The van der Waals surface area contributed by atoms with Crippen LogP contribution in [0, 0.1) is 0 Å². The summed E-state index contributed by atoms with van der Waals surface area (Å²) in [6.07, 6.45) is -8.05. The van der Waals surface area contributed by atoms with Crippen molar-refractivity contribution in [1.82, 2.24) is 10.3 Å². The standard InChI is InChI=1S/C20H15F6N3O2/c21-19(22,23)12-7-13(20(24,25)26)9-14(8-12)29-18(31)17(30)27-6-5-11-10-28-16-4-2-1-3-15(11)16/h1-4,7-10,28H,5-6H2,(H,27,30)(H,29,31). The number of carbonyl (C=O) groups excluding carboxylic acids is 2. The van der Waals surface area contributed by atoms with Crippen LogP contribution >= 0.6 is 0 Å². The molecule has 0 bridgehead atoms. The van der Waals surface area contributed by atoms with Gasteiger partial charge < -0.3 is 15.6 Å². The summed E-state index contributed by atoms with van der Waals surface area (Å²) in [5, 5.41) is 4.99. The van der Waals surface area contributed by atoms with Crippen LogP contribution in [0.25, 0.3) is 10.9 Å². The van der Waals surface area contributed by atoms with Gasteiger partial charge >= 0.3 is 24.2 Å². The van der Waals surface area contributed by atoms with Crippen LogP contribution in [0.1, 0.15) is 16.7 Å². The van der Waals surface area contributed by atoms with Crippen LogP contribution in [0.4, 0.5) is 32.0 Å². The molecule has 0 saturated heterocycles. The number of amides is 2. The highest BCUT2D eigenvalue weighted by Gasteiger charge is 2.37. The first-order valence-corrected chi connectivity index (χ1v) is 8.89. The van der Waals surface area contributed by atoms with Crippen LogP contribution in [-0.2, 0) is 28.4 Å². The minimum absolute atomic E-state index is 0.0322. The maximum atomic E-state index is 12.9. The molecule has 11 heteroatoms. The van der Waals surface area contributed by atoms with Crippen LogP contribution in [-0.4, -0.2) is 23.3 Å². The van der Waals surface area contributed by atoms with Gasteiger partial charge in [0.1, 0.15) is 0 Å². The number of benzene rings is 2. The molecular formula is C20H15F6N3O2. The van der Waals surface area contributed by atoms with E-state index in [4.69, 9.17) is 0 Å². The largest absolute Gasteiger partial charge is 0.416 e. The van der Waals surface area contributed by atoms with Gasteiger partial charge in [0, 0.05) is 29.3 Å². The summed E-state index contributed by atoms with van der Waals surface area (Å²) in [5.41, 5.74) is -2.25. The molecule has 0 aliphatic carbocycles. The Kier molecular flexibility index (Phi) is 5.96. The van der Waals surface area contributed by atoms with Gasteiger partial charge in [0.2, 0.25) is 0 Å². The van der Waals surface area contributed by atoms with Gasteiger partial charge in [-0.2, -0.15) is 26.3 Å². The van der Waals surface area contributed by atoms with E-state index in [1.807, 2.05) is 24.3 Å². The number of aromatic amines is 1. The van der Waals surface area contributed by atoms with Gasteiger partial charge in [0.25, 0.3) is 0 Å². The maximum absolute atomic E-state index is 12.9. The van der Waals surface area contributed by atoms with E-state index in [1.54, 1.807) is 11.5 Å². The lowest BCUT2D eigenvalue weighted by molar-refractivity contribution is -0.143. The third kappa shape index (κ3) is 5.36. The average Bonchev–Trinajstić information content (AvgIpc) is 3.09. The molecule has 1 heterocycles. The fraction of sp³-hybridized carbons (Fsp3) is 0.200. The van der Waals surface area contributed by atoms with Crippen molar-refractivity contribution in [3.8, 4) is 0 Å². The molecule has 0 aliphatic rings. The monoisotopic (exact) mass is 443 g/mol. The second-order valence-electron chi connectivity index (χ2n) is 6.61. The highest BCUT2D eigenvalue weighted by molar-refractivity contribution is 6.39. The molecule has 1 aromatic heterocycles. The fourth-order valence-electron chi connectivity index (χ4n) is 2.94. The van der Waals surface area contributed by atoms with E-state index >= 15 is 0 Å². The van der Waals surface area contributed by atoms with E-state index < -0.39 is 41.0 Å². The highest BCUT2D eigenvalue weighted by Crippen LogP contribution is 2.37. The predicted octanol–water partition coefficient (Wildman–Crippen LogP) is 4.50. The van der Waals surface area contributed by atoms with Gasteiger partial charge in [-0.05, 0) is 36.2 Å². The molecule has 0 atom stereocenters. The second kappa shape index (κ2) is 8.32. The summed E-state index contributed by atoms with van der Waals surface area (Å²) in [7, 11) is 0. The predicted molar refractivity (Wildman–Crippen MR) is 100 cm³/mol. The highest BCUT2D eigenvalue weighted by atomic mass is 19.4. The minimum atomic E-state index is -5.07. The molecular weight excluding hydrogens is 428 g/mol. The molecule has 164 valence electrons. The zero-order valence-electron chi connectivity index (χ0n) is 15.6. The minimum Gasteiger partial charge on any atom is -0.361 e. The van der Waals surface area contributed by atoms with Gasteiger partial charge in [-0.25, -0.2) is 0 Å². The number of hydrogen-bond acceptors (Lipinski definition) is 2. The van der Waals surface area contributed by atoms with Crippen LogP contribution < -0.4 is 10.6 Å². The molecule has 5 nitrogen and oxygen atoms in total. The number of carbonyl (C=O) groups is 2. The van der Waals surface area contributed by atoms with Crippen molar-refractivity contribution in [3.05, 3.63) is 65.4 Å². The van der Waals surface area contributed by atoms with Gasteiger partial charge in [-0.15, -0.1) is 0 Å². The van der Waals surface area contributed by atoms with E-state index in [9.17, 15) is 35.9 Å². The molecule has 3 N–H and O–H groups in total. The molecule has 0 spiro atoms. The second-order valence-corrected chi connectivity index (χ2v) is 6.61. The number of nitrogens with one attached hydrogen (secondary N) is 3. The molecule has 31 heavy (non-hydrogen) atoms. The Morgan fingerprint density at radius 1 is 0.871 bits per heavy atom. The summed E-state index contributed by atoms with van der Waals surface area (Å²) in [4.78, 5) is 26.9. The smallest absolute Gasteiger partial charge is 0.361 e.